The highest BCUT2D eigenvalue weighted by Crippen LogP contribution is 2.33. The van der Waals surface area contributed by atoms with Crippen LogP contribution in [-0.4, -0.2) is 22.7 Å². The molecule has 3 rings (SSSR count). The molecule has 1 aromatic rings. The molecule has 2 fully saturated rings. The van der Waals surface area contributed by atoms with Crippen molar-refractivity contribution >= 4 is 5.82 Å². The summed E-state index contributed by atoms with van der Waals surface area (Å²) in [5, 5.41) is 1.64. The summed E-state index contributed by atoms with van der Waals surface area (Å²) in [5.74, 6) is 0.439. The van der Waals surface area contributed by atoms with Gasteiger partial charge in [0.15, 0.2) is 0 Å². The van der Waals surface area contributed by atoms with Crippen molar-refractivity contribution in [3.63, 3.8) is 0 Å². The smallest absolute Gasteiger partial charge is 0.295 e. The van der Waals surface area contributed by atoms with Gasteiger partial charge < -0.3 is 4.57 Å². The van der Waals surface area contributed by atoms with Crippen molar-refractivity contribution < 1.29 is 4.84 Å². The van der Waals surface area contributed by atoms with Crippen molar-refractivity contribution in [1.29, 1.82) is 0 Å². The number of rotatable bonds is 2. The third-order valence-corrected chi connectivity index (χ3v) is 3.03. The van der Waals surface area contributed by atoms with E-state index in [-0.39, 0.29) is 5.56 Å². The Morgan fingerprint density at radius 2 is 2.25 bits per heavy atom. The Balaban J connectivity index is 1.93. The summed E-state index contributed by atoms with van der Waals surface area (Å²) in [5.41, 5.74) is -0.0214. The number of nitrogens with zero attached hydrogens (tertiary/aromatic N) is 3. The molecule has 1 saturated carbocycles. The van der Waals surface area contributed by atoms with Gasteiger partial charge in [-0.3, -0.25) is 9.63 Å². The van der Waals surface area contributed by atoms with Gasteiger partial charge in [0.05, 0.1) is 6.61 Å². The predicted octanol–water partition coefficient (Wildman–Crippen LogP) is 1.11. The molecule has 0 amide bonds. The molecule has 2 heterocycles. The Kier molecular flexibility index (Phi) is 2.40. The van der Waals surface area contributed by atoms with E-state index in [0.717, 1.165) is 32.2 Å². The van der Waals surface area contributed by atoms with E-state index in [0.29, 0.717) is 18.5 Å². The lowest BCUT2D eigenvalue weighted by Crippen LogP contribution is -2.36. The van der Waals surface area contributed by atoms with Gasteiger partial charge in [-0.25, -0.2) is 10.0 Å². The summed E-state index contributed by atoms with van der Waals surface area (Å²) < 4.78 is 1.78. The van der Waals surface area contributed by atoms with Crippen molar-refractivity contribution in [3.8, 4) is 0 Å². The minimum Gasteiger partial charge on any atom is -0.308 e. The minimum absolute atomic E-state index is 0.0214. The Hall–Kier alpha value is -1.36. The molecule has 1 aromatic heterocycles. The van der Waals surface area contributed by atoms with E-state index in [1.165, 1.54) is 0 Å². The van der Waals surface area contributed by atoms with Gasteiger partial charge in [0.1, 0.15) is 0 Å². The van der Waals surface area contributed by atoms with Crippen molar-refractivity contribution in [1.82, 2.24) is 9.55 Å². The van der Waals surface area contributed by atoms with Crippen LogP contribution >= 0.6 is 0 Å². The van der Waals surface area contributed by atoms with Gasteiger partial charge in [0.2, 0.25) is 5.82 Å². The lowest BCUT2D eigenvalue weighted by atomic mass is 10.3. The summed E-state index contributed by atoms with van der Waals surface area (Å²) >= 11 is 0. The molecule has 5 nitrogen and oxygen atoms in total. The van der Waals surface area contributed by atoms with Crippen molar-refractivity contribution in [3.05, 3.63) is 22.7 Å². The minimum atomic E-state index is -0.0214. The van der Waals surface area contributed by atoms with Crippen molar-refractivity contribution in [2.24, 2.45) is 0 Å². The second kappa shape index (κ2) is 3.90. The molecular formula is C11H15N3O2. The Morgan fingerprint density at radius 3 is 2.94 bits per heavy atom. The quantitative estimate of drug-likeness (QED) is 0.750. The number of anilines is 1. The number of aromatic nitrogens is 2. The maximum Gasteiger partial charge on any atom is 0.295 e. The molecule has 0 N–H and O–H groups in total. The zero-order valence-corrected chi connectivity index (χ0v) is 9.13. The average Bonchev–Trinajstić information content (AvgIpc) is 3.15. The lowest BCUT2D eigenvalue weighted by molar-refractivity contribution is 0.0753. The fourth-order valence-corrected chi connectivity index (χ4v) is 1.99. The normalized spacial score (nSPS) is 21.1. The highest BCUT2D eigenvalue weighted by molar-refractivity contribution is 5.32. The molecule has 0 spiro atoms. The van der Waals surface area contributed by atoms with Gasteiger partial charge >= 0.3 is 0 Å². The molecule has 0 atom stereocenters. The van der Waals surface area contributed by atoms with Gasteiger partial charge in [-0.1, -0.05) is 0 Å². The van der Waals surface area contributed by atoms with E-state index in [1.807, 2.05) is 0 Å². The molecule has 0 radical (unpaired) electrons. The van der Waals surface area contributed by atoms with Gasteiger partial charge in [0, 0.05) is 25.0 Å². The Bertz CT molecular complexity index is 433. The van der Waals surface area contributed by atoms with Crippen LogP contribution in [0, 0.1) is 0 Å². The van der Waals surface area contributed by atoms with E-state index in [4.69, 9.17) is 4.84 Å². The van der Waals surface area contributed by atoms with Crippen molar-refractivity contribution in [2.75, 3.05) is 18.2 Å². The third-order valence-electron chi connectivity index (χ3n) is 3.03. The molecule has 1 saturated heterocycles. The summed E-state index contributed by atoms with van der Waals surface area (Å²) in [6, 6.07) is 0.388. The van der Waals surface area contributed by atoms with E-state index >= 15 is 0 Å². The first-order valence-electron chi connectivity index (χ1n) is 5.84. The van der Waals surface area contributed by atoms with E-state index in [1.54, 1.807) is 22.0 Å². The molecule has 16 heavy (non-hydrogen) atoms. The van der Waals surface area contributed by atoms with Gasteiger partial charge in [-0.2, -0.15) is 0 Å². The van der Waals surface area contributed by atoms with Crippen LogP contribution in [0.3, 0.4) is 0 Å². The van der Waals surface area contributed by atoms with E-state index < -0.39 is 0 Å². The molecule has 1 aliphatic carbocycles. The zero-order valence-electron chi connectivity index (χ0n) is 9.13. The first kappa shape index (κ1) is 9.84. The number of hydrogen-bond donors (Lipinski definition) is 0. The average molecular weight is 221 g/mol. The standard InChI is InChI=1S/C11H15N3O2/c15-11-10(14-6-1-2-8-16-14)12-5-7-13(11)9-3-4-9/h5,7,9H,1-4,6,8H2. The topological polar surface area (TPSA) is 47.4 Å². The number of hydroxylamine groups is 1. The molecule has 5 heteroatoms. The van der Waals surface area contributed by atoms with Crippen LogP contribution in [-0.2, 0) is 4.84 Å². The zero-order chi connectivity index (χ0) is 11.0. The Labute approximate surface area is 93.6 Å². The summed E-state index contributed by atoms with van der Waals surface area (Å²) in [6.45, 7) is 1.44. The molecule has 0 aromatic carbocycles. The Morgan fingerprint density at radius 1 is 1.38 bits per heavy atom. The number of hydrogen-bond acceptors (Lipinski definition) is 4. The molecule has 0 unspecified atom stereocenters. The largest absolute Gasteiger partial charge is 0.308 e. The fourth-order valence-electron chi connectivity index (χ4n) is 1.99. The van der Waals surface area contributed by atoms with E-state index in [9.17, 15) is 4.79 Å². The van der Waals surface area contributed by atoms with Crippen LogP contribution in [0.2, 0.25) is 0 Å². The molecule has 2 aliphatic rings. The van der Waals surface area contributed by atoms with Crippen molar-refractivity contribution in [2.45, 2.75) is 31.7 Å². The maximum absolute atomic E-state index is 12.1. The van der Waals surface area contributed by atoms with Crippen LogP contribution in [0.1, 0.15) is 31.7 Å². The van der Waals surface area contributed by atoms with Crippen LogP contribution < -0.4 is 10.6 Å². The highest BCUT2D eigenvalue weighted by atomic mass is 16.7. The SMILES string of the molecule is O=c1c(N2CCCCO2)nccn1C1CC1. The van der Waals surface area contributed by atoms with Gasteiger partial charge in [-0.05, 0) is 25.7 Å². The lowest BCUT2D eigenvalue weighted by Gasteiger charge is -2.26. The van der Waals surface area contributed by atoms with Gasteiger partial charge in [-0.15, -0.1) is 0 Å². The monoisotopic (exact) mass is 221 g/mol. The van der Waals surface area contributed by atoms with E-state index in [2.05, 4.69) is 4.98 Å². The van der Waals surface area contributed by atoms with Crippen LogP contribution in [0.5, 0.6) is 0 Å². The second-order valence-electron chi connectivity index (χ2n) is 4.34. The first-order chi connectivity index (χ1) is 7.86. The van der Waals surface area contributed by atoms with Gasteiger partial charge in [0.25, 0.3) is 5.56 Å². The molecule has 86 valence electrons. The summed E-state index contributed by atoms with van der Waals surface area (Å²) in [7, 11) is 0. The molecular weight excluding hydrogens is 206 g/mol. The third kappa shape index (κ3) is 1.71. The van der Waals surface area contributed by atoms with Crippen LogP contribution in [0.4, 0.5) is 5.82 Å². The second-order valence-corrected chi connectivity index (χ2v) is 4.34. The van der Waals surface area contributed by atoms with Crippen LogP contribution in [0.25, 0.3) is 0 Å². The first-order valence-corrected chi connectivity index (χ1v) is 5.84. The summed E-state index contributed by atoms with van der Waals surface area (Å²) in [6.07, 6.45) is 7.77. The maximum atomic E-state index is 12.1. The fraction of sp³-hybridized carbons (Fsp3) is 0.636. The predicted molar refractivity (Wildman–Crippen MR) is 59.3 cm³/mol. The van der Waals surface area contributed by atoms with Crippen LogP contribution in [0.15, 0.2) is 17.2 Å². The molecule has 0 bridgehead atoms. The highest BCUT2D eigenvalue weighted by Gasteiger charge is 2.27. The summed E-state index contributed by atoms with van der Waals surface area (Å²) in [4.78, 5) is 21.7. The molecule has 1 aliphatic heterocycles.